The Morgan fingerprint density at radius 1 is 1.21 bits per heavy atom. The van der Waals surface area contributed by atoms with E-state index in [1.54, 1.807) is 25.1 Å². The minimum atomic E-state index is -0.526. The van der Waals surface area contributed by atoms with Crippen LogP contribution in [0.5, 0.6) is 11.5 Å². The third-order valence-corrected chi connectivity index (χ3v) is 5.94. The first-order valence-electron chi connectivity index (χ1n) is 10.5. The van der Waals surface area contributed by atoms with E-state index in [0.717, 1.165) is 11.1 Å². The molecule has 1 heterocycles. The van der Waals surface area contributed by atoms with Crippen LogP contribution in [0.15, 0.2) is 30.3 Å². The van der Waals surface area contributed by atoms with Crippen molar-refractivity contribution in [2.75, 3.05) is 26.0 Å². The van der Waals surface area contributed by atoms with Crippen LogP contribution in [-0.2, 0) is 22.5 Å². The fourth-order valence-electron chi connectivity index (χ4n) is 3.61. The molecule has 0 unspecified atom stereocenters. The summed E-state index contributed by atoms with van der Waals surface area (Å²) in [4.78, 5) is 38.7. The Balaban J connectivity index is 1.75. The zero-order chi connectivity index (χ0) is 24.1. The van der Waals surface area contributed by atoms with Crippen LogP contribution in [0.4, 0.5) is 0 Å². The van der Waals surface area contributed by atoms with E-state index in [0.29, 0.717) is 28.3 Å². The molecule has 0 fully saturated rings. The van der Waals surface area contributed by atoms with Crippen LogP contribution in [0.25, 0.3) is 0 Å². The van der Waals surface area contributed by atoms with Crippen molar-refractivity contribution < 1.29 is 29.0 Å². The number of amides is 1. The summed E-state index contributed by atoms with van der Waals surface area (Å²) in [7, 11) is 0. The Hall–Kier alpha value is -3.33. The number of phenols is 1. The highest BCUT2D eigenvalue weighted by atomic mass is 32.2. The first-order valence-corrected chi connectivity index (χ1v) is 11.7. The zero-order valence-corrected chi connectivity index (χ0v) is 19.6. The van der Waals surface area contributed by atoms with Gasteiger partial charge >= 0.3 is 5.97 Å². The monoisotopic (exact) mass is 470 g/mol. The molecule has 174 valence electrons. The molecule has 3 rings (SSSR count). The van der Waals surface area contributed by atoms with Crippen molar-refractivity contribution in [2.24, 2.45) is 0 Å². The molecule has 2 aromatic carbocycles. The first kappa shape index (κ1) is 24.3. The van der Waals surface area contributed by atoms with Gasteiger partial charge in [-0.25, -0.2) is 4.79 Å². The smallest absolute Gasteiger partial charge is 0.344 e. The Kier molecular flexibility index (Phi) is 7.75. The van der Waals surface area contributed by atoms with Crippen molar-refractivity contribution >= 4 is 34.5 Å². The highest BCUT2D eigenvalue weighted by molar-refractivity contribution is 8.13. The average Bonchev–Trinajstić information content (AvgIpc) is 3.11. The van der Waals surface area contributed by atoms with Crippen molar-refractivity contribution in [3.63, 3.8) is 0 Å². The largest absolute Gasteiger partial charge is 0.507 e. The molecule has 0 radical (unpaired) electrons. The van der Waals surface area contributed by atoms with Crippen molar-refractivity contribution in [1.29, 1.82) is 5.41 Å². The SMILES string of the molecule is CCOC(=O)COc1cc(O)c(C(=O)CN2Cc3cc(C(=N)SC)ccc3C2=O)cc1CC. The van der Waals surface area contributed by atoms with Crippen LogP contribution in [-0.4, -0.2) is 58.7 Å². The molecule has 2 aromatic rings. The van der Waals surface area contributed by atoms with Gasteiger partial charge in [0.25, 0.3) is 5.91 Å². The second-order valence-corrected chi connectivity index (χ2v) is 8.23. The van der Waals surface area contributed by atoms with Crippen molar-refractivity contribution in [3.8, 4) is 11.5 Å². The number of nitrogens with zero attached hydrogens (tertiary/aromatic N) is 1. The molecule has 1 aliphatic heterocycles. The number of aromatic hydroxyl groups is 1. The third-order valence-electron chi connectivity index (χ3n) is 5.30. The van der Waals surface area contributed by atoms with Gasteiger partial charge in [-0.1, -0.05) is 13.0 Å². The molecule has 1 amide bonds. The number of nitrogens with one attached hydrogen (secondary N) is 1. The fraction of sp³-hybridized carbons (Fsp3) is 0.333. The molecule has 0 bridgehead atoms. The van der Waals surface area contributed by atoms with Gasteiger partial charge in [-0.2, -0.15) is 0 Å². The minimum Gasteiger partial charge on any atom is -0.507 e. The number of rotatable bonds is 9. The number of Topliss-reactive ketones (excluding diaryl/α,β-unsaturated/α-hetero) is 1. The van der Waals surface area contributed by atoms with E-state index in [4.69, 9.17) is 14.9 Å². The van der Waals surface area contributed by atoms with E-state index in [9.17, 15) is 19.5 Å². The highest BCUT2D eigenvalue weighted by Gasteiger charge is 2.30. The number of ketones is 1. The van der Waals surface area contributed by atoms with E-state index >= 15 is 0 Å². The van der Waals surface area contributed by atoms with Crippen LogP contribution in [0.2, 0.25) is 0 Å². The molecule has 0 aliphatic carbocycles. The Morgan fingerprint density at radius 2 is 1.97 bits per heavy atom. The van der Waals surface area contributed by atoms with Crippen LogP contribution >= 0.6 is 11.8 Å². The number of fused-ring (bicyclic) bond motifs is 1. The number of carbonyl (C=O) groups is 3. The summed E-state index contributed by atoms with van der Waals surface area (Å²) in [6.07, 6.45) is 2.33. The van der Waals surface area contributed by atoms with Gasteiger partial charge in [-0.05, 0) is 48.9 Å². The van der Waals surface area contributed by atoms with E-state index in [1.165, 1.54) is 28.8 Å². The second kappa shape index (κ2) is 10.5. The quantitative estimate of drug-likeness (QED) is 0.250. The maximum atomic E-state index is 13.0. The predicted molar refractivity (Wildman–Crippen MR) is 125 cm³/mol. The van der Waals surface area contributed by atoms with Crippen molar-refractivity contribution in [3.05, 3.63) is 58.1 Å². The Labute approximate surface area is 196 Å². The summed E-state index contributed by atoms with van der Waals surface area (Å²) < 4.78 is 10.3. The number of hydrogen-bond acceptors (Lipinski definition) is 8. The molecule has 0 aromatic heterocycles. The molecular weight excluding hydrogens is 444 g/mol. The number of phenolic OH excluding ortho intramolecular Hbond substituents is 1. The molecule has 0 saturated heterocycles. The number of carbonyl (C=O) groups excluding carboxylic acids is 3. The fourth-order valence-corrected chi connectivity index (χ4v) is 3.98. The molecule has 9 heteroatoms. The number of thioether (sulfide) groups is 1. The number of esters is 1. The van der Waals surface area contributed by atoms with Crippen LogP contribution in [0, 0.1) is 5.41 Å². The molecule has 1 aliphatic rings. The summed E-state index contributed by atoms with van der Waals surface area (Å²) in [5.74, 6) is -1.17. The van der Waals surface area contributed by atoms with E-state index in [2.05, 4.69) is 0 Å². The highest BCUT2D eigenvalue weighted by Crippen LogP contribution is 2.31. The Morgan fingerprint density at radius 3 is 2.64 bits per heavy atom. The lowest BCUT2D eigenvalue weighted by Crippen LogP contribution is -2.30. The van der Waals surface area contributed by atoms with E-state index in [1.807, 2.05) is 13.2 Å². The minimum absolute atomic E-state index is 0.0870. The normalized spacial score (nSPS) is 12.5. The Bertz CT molecular complexity index is 1110. The van der Waals surface area contributed by atoms with Crippen LogP contribution in [0.3, 0.4) is 0 Å². The van der Waals surface area contributed by atoms with Gasteiger partial charge in [-0.3, -0.25) is 15.0 Å². The standard InChI is InChI=1S/C24H26N2O6S/c1-4-14-9-18(19(27)10-21(14)32-13-22(29)31-5-2)20(28)12-26-11-16-8-15(23(25)33-3)6-7-17(16)24(26)30/h6-10,25,27H,4-5,11-13H2,1-3H3. The lowest BCUT2D eigenvalue weighted by Gasteiger charge is -2.17. The zero-order valence-electron chi connectivity index (χ0n) is 18.8. The summed E-state index contributed by atoms with van der Waals surface area (Å²) in [5.41, 5.74) is 2.75. The van der Waals surface area contributed by atoms with Gasteiger partial charge in [0.1, 0.15) is 11.5 Å². The van der Waals surface area contributed by atoms with Gasteiger partial charge in [-0.15, -0.1) is 11.8 Å². The number of benzene rings is 2. The first-order chi connectivity index (χ1) is 15.8. The van der Waals surface area contributed by atoms with Gasteiger partial charge in [0.05, 0.1) is 23.8 Å². The number of aryl methyl sites for hydroxylation is 1. The molecule has 0 atom stereocenters. The molecule has 2 N–H and O–H groups in total. The number of hydrogen-bond donors (Lipinski definition) is 2. The van der Waals surface area contributed by atoms with Gasteiger partial charge in [0.15, 0.2) is 12.4 Å². The summed E-state index contributed by atoms with van der Waals surface area (Å²) >= 11 is 1.31. The summed E-state index contributed by atoms with van der Waals surface area (Å²) in [6.45, 7) is 3.56. The lowest BCUT2D eigenvalue weighted by atomic mass is 10.0. The van der Waals surface area contributed by atoms with Crippen LogP contribution < -0.4 is 4.74 Å². The summed E-state index contributed by atoms with van der Waals surface area (Å²) in [6, 6.07) is 8.06. The van der Waals surface area contributed by atoms with Crippen molar-refractivity contribution in [1.82, 2.24) is 4.90 Å². The molecular formula is C24H26N2O6S. The van der Waals surface area contributed by atoms with E-state index in [-0.39, 0.29) is 43.5 Å². The van der Waals surface area contributed by atoms with Gasteiger partial charge in [0.2, 0.25) is 0 Å². The maximum absolute atomic E-state index is 13.0. The van der Waals surface area contributed by atoms with E-state index < -0.39 is 11.8 Å². The third kappa shape index (κ3) is 5.36. The maximum Gasteiger partial charge on any atom is 0.344 e. The molecule has 0 saturated carbocycles. The van der Waals surface area contributed by atoms with Gasteiger partial charge < -0.3 is 19.5 Å². The molecule has 8 nitrogen and oxygen atoms in total. The average molecular weight is 471 g/mol. The predicted octanol–water partition coefficient (Wildman–Crippen LogP) is 3.42. The molecule has 33 heavy (non-hydrogen) atoms. The van der Waals surface area contributed by atoms with Gasteiger partial charge in [0, 0.05) is 23.7 Å². The number of ether oxygens (including phenoxy) is 2. The summed E-state index contributed by atoms with van der Waals surface area (Å²) in [5, 5.41) is 18.8. The topological polar surface area (TPSA) is 117 Å². The van der Waals surface area contributed by atoms with Crippen LogP contribution in [0.1, 0.15) is 51.3 Å². The van der Waals surface area contributed by atoms with Crippen molar-refractivity contribution in [2.45, 2.75) is 26.8 Å². The lowest BCUT2D eigenvalue weighted by molar-refractivity contribution is -0.145. The second-order valence-electron chi connectivity index (χ2n) is 7.41. The molecule has 0 spiro atoms.